The zero-order valence-corrected chi connectivity index (χ0v) is 12.2. The molecule has 0 bridgehead atoms. The van der Waals surface area contributed by atoms with Crippen molar-refractivity contribution in [3.8, 4) is 17.0 Å². The molecule has 1 aromatic heterocycles. The highest BCUT2D eigenvalue weighted by molar-refractivity contribution is 5.90. The summed E-state index contributed by atoms with van der Waals surface area (Å²) in [6, 6.07) is 18.1. The first-order valence-corrected chi connectivity index (χ1v) is 7.19. The Hall–Kier alpha value is -2.94. The molecule has 1 aliphatic rings. The first-order chi connectivity index (χ1) is 10.8. The van der Waals surface area contributed by atoms with E-state index < -0.39 is 0 Å². The molecule has 0 aliphatic carbocycles. The molecule has 0 saturated heterocycles. The zero-order chi connectivity index (χ0) is 14.9. The van der Waals surface area contributed by atoms with Crippen molar-refractivity contribution in [2.75, 3.05) is 0 Å². The van der Waals surface area contributed by atoms with Gasteiger partial charge in [-0.2, -0.15) is 0 Å². The number of aryl methyl sites for hydroxylation is 1. The molecule has 0 spiro atoms. The van der Waals surface area contributed by atoms with Gasteiger partial charge in [0.25, 0.3) is 0 Å². The largest absolute Gasteiger partial charge is 0.456 e. The molecule has 106 valence electrons. The smallest absolute Gasteiger partial charge is 0.139 e. The van der Waals surface area contributed by atoms with E-state index in [0.29, 0.717) is 0 Å². The van der Waals surface area contributed by atoms with Gasteiger partial charge >= 0.3 is 0 Å². The van der Waals surface area contributed by atoms with Crippen LogP contribution < -0.4 is 4.74 Å². The van der Waals surface area contributed by atoms with Gasteiger partial charge in [0.1, 0.15) is 17.3 Å². The number of hydrogen-bond donors (Lipinski definition) is 0. The lowest BCUT2D eigenvalue weighted by Gasteiger charge is -2.22. The number of aromatic nitrogens is 2. The molecule has 3 aromatic rings. The van der Waals surface area contributed by atoms with E-state index >= 15 is 0 Å². The van der Waals surface area contributed by atoms with Crippen molar-refractivity contribution in [3.63, 3.8) is 0 Å². The van der Waals surface area contributed by atoms with E-state index in [1.807, 2.05) is 73.8 Å². The van der Waals surface area contributed by atoms with E-state index in [9.17, 15) is 0 Å². The van der Waals surface area contributed by atoms with E-state index in [0.717, 1.165) is 39.7 Å². The second kappa shape index (κ2) is 5.11. The maximum atomic E-state index is 6.08. The van der Waals surface area contributed by atoms with Crippen LogP contribution in [-0.4, -0.2) is 9.97 Å². The molecule has 0 radical (unpaired) electrons. The van der Waals surface area contributed by atoms with Crippen LogP contribution in [0.5, 0.6) is 5.75 Å². The Morgan fingerprint density at radius 2 is 1.68 bits per heavy atom. The highest BCUT2D eigenvalue weighted by Crippen LogP contribution is 2.40. The van der Waals surface area contributed by atoms with Crippen molar-refractivity contribution in [2.24, 2.45) is 0 Å². The van der Waals surface area contributed by atoms with Crippen molar-refractivity contribution >= 4 is 11.8 Å². The van der Waals surface area contributed by atoms with Gasteiger partial charge in [-0.3, -0.25) is 0 Å². The summed E-state index contributed by atoms with van der Waals surface area (Å²) in [4.78, 5) is 8.94. The Labute approximate surface area is 128 Å². The number of hydrogen-bond acceptors (Lipinski definition) is 3. The van der Waals surface area contributed by atoms with Gasteiger partial charge in [0.05, 0.1) is 11.3 Å². The van der Waals surface area contributed by atoms with Crippen LogP contribution >= 0.6 is 0 Å². The minimum Gasteiger partial charge on any atom is -0.456 e. The Morgan fingerprint density at radius 1 is 0.909 bits per heavy atom. The first kappa shape index (κ1) is 12.8. The Bertz CT molecular complexity index is 870. The highest BCUT2D eigenvalue weighted by Gasteiger charge is 2.23. The third-order valence-corrected chi connectivity index (χ3v) is 3.63. The van der Waals surface area contributed by atoms with Crippen molar-refractivity contribution in [2.45, 2.75) is 6.92 Å². The molecule has 22 heavy (non-hydrogen) atoms. The fraction of sp³-hybridized carbons (Fsp3) is 0.0526. The molecule has 0 amide bonds. The highest BCUT2D eigenvalue weighted by atomic mass is 16.5. The van der Waals surface area contributed by atoms with Gasteiger partial charge in [-0.1, -0.05) is 42.5 Å². The summed E-state index contributed by atoms with van der Waals surface area (Å²) >= 11 is 0. The molecule has 3 heteroatoms. The van der Waals surface area contributed by atoms with E-state index in [-0.39, 0.29) is 0 Å². The predicted octanol–water partition coefficient (Wildman–Crippen LogP) is 4.34. The van der Waals surface area contributed by atoms with Crippen molar-refractivity contribution in [1.29, 1.82) is 0 Å². The van der Waals surface area contributed by atoms with Crippen LogP contribution in [-0.2, 0) is 0 Å². The first-order valence-electron chi connectivity index (χ1n) is 7.19. The molecule has 0 unspecified atom stereocenters. The van der Waals surface area contributed by atoms with Gasteiger partial charge in [0.15, 0.2) is 0 Å². The molecule has 2 aromatic carbocycles. The molecule has 0 atom stereocenters. The normalized spacial score (nSPS) is 14.1. The summed E-state index contributed by atoms with van der Waals surface area (Å²) in [5.74, 6) is 2.37. The van der Waals surface area contributed by atoms with E-state index in [4.69, 9.17) is 4.74 Å². The maximum absolute atomic E-state index is 6.08. The lowest BCUT2D eigenvalue weighted by molar-refractivity contribution is 0.513. The lowest BCUT2D eigenvalue weighted by atomic mass is 10.0. The monoisotopic (exact) mass is 286 g/mol. The minimum absolute atomic E-state index is 0.759. The van der Waals surface area contributed by atoms with Crippen LogP contribution in [0.4, 0.5) is 0 Å². The van der Waals surface area contributed by atoms with Gasteiger partial charge in [-0.25, -0.2) is 9.97 Å². The van der Waals surface area contributed by atoms with Gasteiger partial charge < -0.3 is 4.74 Å². The van der Waals surface area contributed by atoms with E-state index in [2.05, 4.69) is 9.97 Å². The number of benzene rings is 2. The molecule has 1 aliphatic heterocycles. The summed E-state index contributed by atoms with van der Waals surface area (Å²) < 4.78 is 6.08. The SMILES string of the molecule is Cc1ncc2c(n1)-c1ccccc1O/C2=C\c1ccccc1. The second-order valence-corrected chi connectivity index (χ2v) is 5.20. The van der Waals surface area contributed by atoms with Crippen molar-refractivity contribution < 1.29 is 4.74 Å². The molecule has 3 nitrogen and oxygen atoms in total. The fourth-order valence-corrected chi connectivity index (χ4v) is 2.59. The maximum Gasteiger partial charge on any atom is 0.139 e. The van der Waals surface area contributed by atoms with Crippen LogP contribution in [0.25, 0.3) is 23.1 Å². The number of nitrogens with zero attached hydrogens (tertiary/aromatic N) is 2. The third-order valence-electron chi connectivity index (χ3n) is 3.63. The van der Waals surface area contributed by atoms with E-state index in [1.165, 1.54) is 0 Å². The van der Waals surface area contributed by atoms with Crippen LogP contribution in [0, 0.1) is 6.92 Å². The van der Waals surface area contributed by atoms with Gasteiger partial charge in [0, 0.05) is 11.8 Å². The molecule has 0 fully saturated rings. The number of fused-ring (bicyclic) bond motifs is 3. The number of para-hydroxylation sites is 1. The number of ether oxygens (including phenoxy) is 1. The van der Waals surface area contributed by atoms with Crippen LogP contribution in [0.15, 0.2) is 60.8 Å². The lowest BCUT2D eigenvalue weighted by Crippen LogP contribution is -2.08. The Kier molecular flexibility index (Phi) is 2.97. The van der Waals surface area contributed by atoms with Gasteiger partial charge in [-0.05, 0) is 30.7 Å². The van der Waals surface area contributed by atoms with Gasteiger partial charge in [0.2, 0.25) is 0 Å². The van der Waals surface area contributed by atoms with Crippen LogP contribution in [0.2, 0.25) is 0 Å². The molecule has 0 N–H and O–H groups in total. The van der Waals surface area contributed by atoms with E-state index in [1.54, 1.807) is 0 Å². The Balaban J connectivity index is 1.93. The zero-order valence-electron chi connectivity index (χ0n) is 12.2. The van der Waals surface area contributed by atoms with Crippen molar-refractivity contribution in [1.82, 2.24) is 9.97 Å². The molecular formula is C19H14N2O. The second-order valence-electron chi connectivity index (χ2n) is 5.20. The summed E-state index contributed by atoms with van der Waals surface area (Å²) in [6.07, 6.45) is 3.86. The molecule has 0 saturated carbocycles. The summed E-state index contributed by atoms with van der Waals surface area (Å²) in [5, 5.41) is 0. The topological polar surface area (TPSA) is 35.0 Å². The summed E-state index contributed by atoms with van der Waals surface area (Å²) in [5.41, 5.74) is 3.95. The minimum atomic E-state index is 0.759. The average molecular weight is 286 g/mol. The van der Waals surface area contributed by atoms with Gasteiger partial charge in [-0.15, -0.1) is 0 Å². The third kappa shape index (κ3) is 2.17. The van der Waals surface area contributed by atoms with Crippen LogP contribution in [0.3, 0.4) is 0 Å². The molecule has 2 heterocycles. The summed E-state index contributed by atoms with van der Waals surface area (Å²) in [7, 11) is 0. The molecular weight excluding hydrogens is 272 g/mol. The molecule has 4 rings (SSSR count). The average Bonchev–Trinajstić information content (AvgIpc) is 2.56. The predicted molar refractivity (Wildman–Crippen MR) is 87.1 cm³/mol. The van der Waals surface area contributed by atoms with Crippen molar-refractivity contribution in [3.05, 3.63) is 77.7 Å². The van der Waals surface area contributed by atoms with Crippen LogP contribution in [0.1, 0.15) is 17.0 Å². The Morgan fingerprint density at radius 3 is 2.55 bits per heavy atom. The summed E-state index contributed by atoms with van der Waals surface area (Å²) in [6.45, 7) is 1.90. The fourth-order valence-electron chi connectivity index (χ4n) is 2.59. The quantitative estimate of drug-likeness (QED) is 0.667. The standard InChI is InChI=1S/C19H14N2O/c1-13-20-12-16-18(11-14-7-3-2-4-8-14)22-17-10-6-5-9-15(17)19(16)21-13/h2-12H,1H3/b18-11-. The number of rotatable bonds is 1.